The number of hydrogen-bond acceptors (Lipinski definition) is 5. The summed E-state index contributed by atoms with van der Waals surface area (Å²) in [5.41, 5.74) is 2.89. The molecule has 2 aromatic heterocycles. The van der Waals surface area contributed by atoms with Gasteiger partial charge >= 0.3 is 0 Å². The first kappa shape index (κ1) is 20.3. The molecule has 0 fully saturated rings. The molecule has 0 saturated carbocycles. The highest BCUT2D eigenvalue weighted by Crippen LogP contribution is 2.28. The van der Waals surface area contributed by atoms with Gasteiger partial charge in [-0.1, -0.05) is 62.4 Å². The number of tetrazole rings is 1. The normalized spacial score (nSPS) is 12.5. The van der Waals surface area contributed by atoms with Gasteiger partial charge in [-0.2, -0.15) is 4.68 Å². The second kappa shape index (κ2) is 9.21. The van der Waals surface area contributed by atoms with Gasteiger partial charge in [-0.15, -0.1) is 5.10 Å². The fourth-order valence-corrected chi connectivity index (χ4v) is 3.29. The smallest absolute Gasteiger partial charge is 0.274 e. The number of carbonyl (C=O) groups is 1. The molecule has 0 saturated heterocycles. The minimum Gasteiger partial charge on any atom is -0.465 e. The molecular formula is C24H23N5O2. The van der Waals surface area contributed by atoms with Crippen LogP contribution in [0.2, 0.25) is 0 Å². The van der Waals surface area contributed by atoms with Crippen molar-refractivity contribution in [3.8, 4) is 11.4 Å². The number of nitrogens with zero attached hydrogens (tertiary/aromatic N) is 4. The molecule has 156 valence electrons. The van der Waals surface area contributed by atoms with E-state index >= 15 is 0 Å². The van der Waals surface area contributed by atoms with Gasteiger partial charge in [-0.05, 0) is 46.5 Å². The summed E-state index contributed by atoms with van der Waals surface area (Å²) in [4.78, 5) is 13.4. The minimum atomic E-state index is -0.336. The predicted molar refractivity (Wildman–Crippen MR) is 120 cm³/mol. The van der Waals surface area contributed by atoms with Gasteiger partial charge < -0.3 is 9.73 Å². The summed E-state index contributed by atoms with van der Waals surface area (Å²) >= 11 is 0. The monoisotopic (exact) mass is 413 g/mol. The summed E-state index contributed by atoms with van der Waals surface area (Å²) in [5, 5.41) is 15.1. The zero-order valence-electron chi connectivity index (χ0n) is 17.4. The number of aromatic nitrogens is 4. The molecule has 31 heavy (non-hydrogen) atoms. The van der Waals surface area contributed by atoms with Crippen molar-refractivity contribution in [2.45, 2.75) is 26.2 Å². The average molecular weight is 413 g/mol. The van der Waals surface area contributed by atoms with Gasteiger partial charge in [-0.3, -0.25) is 4.79 Å². The summed E-state index contributed by atoms with van der Waals surface area (Å²) in [6, 6.07) is 20.8. The molecule has 2 aromatic carbocycles. The maximum atomic E-state index is 13.4. The molecule has 2 heterocycles. The molecule has 7 heteroatoms. The number of benzene rings is 2. The van der Waals surface area contributed by atoms with Crippen molar-refractivity contribution < 1.29 is 9.21 Å². The molecule has 0 spiro atoms. The van der Waals surface area contributed by atoms with E-state index in [-0.39, 0.29) is 11.6 Å². The van der Waals surface area contributed by atoms with Crippen LogP contribution in [-0.4, -0.2) is 26.1 Å². The SMILES string of the molecule is CCC(C)c1ccccc1NC(=O)/C(=C\c1ccco1)n1nnnc1-c1ccccc1. The number of furan rings is 1. The molecule has 0 aliphatic rings. The number of carbonyl (C=O) groups excluding carboxylic acids is 1. The lowest BCUT2D eigenvalue weighted by Crippen LogP contribution is -2.20. The summed E-state index contributed by atoms with van der Waals surface area (Å²) in [6.07, 6.45) is 4.15. The highest BCUT2D eigenvalue weighted by Gasteiger charge is 2.21. The van der Waals surface area contributed by atoms with Crippen LogP contribution in [0, 0.1) is 0 Å². The third-order valence-corrected chi connectivity index (χ3v) is 5.14. The van der Waals surface area contributed by atoms with Crippen LogP contribution in [-0.2, 0) is 4.79 Å². The maximum absolute atomic E-state index is 13.4. The molecule has 0 aliphatic heterocycles. The van der Waals surface area contributed by atoms with Crippen LogP contribution in [0.5, 0.6) is 0 Å². The Bertz CT molecular complexity index is 1180. The number of anilines is 1. The van der Waals surface area contributed by atoms with E-state index in [9.17, 15) is 4.79 Å². The number of para-hydroxylation sites is 1. The van der Waals surface area contributed by atoms with Crippen LogP contribution in [0.25, 0.3) is 23.2 Å². The zero-order chi connectivity index (χ0) is 21.6. The van der Waals surface area contributed by atoms with E-state index < -0.39 is 0 Å². The number of rotatable bonds is 7. The fraction of sp³-hybridized carbons (Fsp3) is 0.167. The summed E-state index contributed by atoms with van der Waals surface area (Å²) < 4.78 is 6.88. The van der Waals surface area contributed by atoms with Crippen LogP contribution in [0.4, 0.5) is 5.69 Å². The van der Waals surface area contributed by atoms with Gasteiger partial charge in [-0.25, -0.2) is 0 Å². The van der Waals surface area contributed by atoms with Crippen molar-refractivity contribution in [2.75, 3.05) is 5.32 Å². The van der Waals surface area contributed by atoms with Crippen molar-refractivity contribution in [3.05, 3.63) is 84.3 Å². The maximum Gasteiger partial charge on any atom is 0.274 e. The van der Waals surface area contributed by atoms with Crippen molar-refractivity contribution in [1.29, 1.82) is 0 Å². The van der Waals surface area contributed by atoms with Gasteiger partial charge in [0.2, 0.25) is 0 Å². The summed E-state index contributed by atoms with van der Waals surface area (Å²) in [7, 11) is 0. The molecule has 0 bridgehead atoms. The molecule has 7 nitrogen and oxygen atoms in total. The van der Waals surface area contributed by atoms with Crippen LogP contribution >= 0.6 is 0 Å². The van der Waals surface area contributed by atoms with Crippen LogP contribution < -0.4 is 5.32 Å². The van der Waals surface area contributed by atoms with Gasteiger partial charge in [0.15, 0.2) is 5.82 Å². The molecule has 0 radical (unpaired) electrons. The van der Waals surface area contributed by atoms with Crippen molar-refractivity contribution in [3.63, 3.8) is 0 Å². The van der Waals surface area contributed by atoms with Gasteiger partial charge in [0, 0.05) is 17.3 Å². The summed E-state index contributed by atoms with van der Waals surface area (Å²) in [6.45, 7) is 4.26. The van der Waals surface area contributed by atoms with E-state index in [0.717, 1.165) is 23.2 Å². The zero-order valence-corrected chi connectivity index (χ0v) is 17.4. The third-order valence-electron chi connectivity index (χ3n) is 5.14. The lowest BCUT2D eigenvalue weighted by Gasteiger charge is -2.16. The third kappa shape index (κ3) is 4.45. The Hall–Kier alpha value is -4.00. The summed E-state index contributed by atoms with van der Waals surface area (Å²) in [5.74, 6) is 0.956. The van der Waals surface area contributed by atoms with E-state index in [1.165, 1.54) is 4.68 Å². The Kier molecular flexibility index (Phi) is 6.03. The minimum absolute atomic E-state index is 0.248. The Labute approximate surface area is 180 Å². The topological polar surface area (TPSA) is 85.8 Å². The van der Waals surface area contributed by atoms with Crippen molar-refractivity contribution in [1.82, 2.24) is 20.2 Å². The molecular weight excluding hydrogens is 390 g/mol. The Balaban J connectivity index is 1.75. The van der Waals surface area contributed by atoms with Crippen molar-refractivity contribution in [2.24, 2.45) is 0 Å². The first-order valence-electron chi connectivity index (χ1n) is 10.2. The van der Waals surface area contributed by atoms with Crippen molar-refractivity contribution >= 4 is 23.4 Å². The largest absolute Gasteiger partial charge is 0.465 e. The molecule has 1 amide bonds. The average Bonchev–Trinajstić information content (AvgIpc) is 3.50. The lowest BCUT2D eigenvalue weighted by molar-refractivity contribution is -0.111. The Morgan fingerprint density at radius 1 is 1.10 bits per heavy atom. The Morgan fingerprint density at radius 2 is 1.87 bits per heavy atom. The predicted octanol–water partition coefficient (Wildman–Crippen LogP) is 5.08. The van der Waals surface area contributed by atoms with E-state index in [1.54, 1.807) is 24.5 Å². The number of amides is 1. The quantitative estimate of drug-likeness (QED) is 0.427. The highest BCUT2D eigenvalue weighted by atomic mass is 16.3. The molecule has 1 unspecified atom stereocenters. The molecule has 4 rings (SSSR count). The highest BCUT2D eigenvalue weighted by molar-refractivity contribution is 6.24. The van der Waals surface area contributed by atoms with E-state index in [0.29, 0.717) is 17.5 Å². The van der Waals surface area contributed by atoms with Gasteiger partial charge in [0.05, 0.1) is 6.26 Å². The van der Waals surface area contributed by atoms with E-state index in [4.69, 9.17) is 4.42 Å². The number of hydrogen-bond donors (Lipinski definition) is 1. The van der Waals surface area contributed by atoms with Gasteiger partial charge in [0.25, 0.3) is 5.91 Å². The van der Waals surface area contributed by atoms with E-state index in [1.807, 2.05) is 54.6 Å². The standard InChI is InChI=1S/C24H23N5O2/c1-3-17(2)20-13-7-8-14-21(20)25-24(30)22(16-19-12-9-15-31-19)29-23(26-27-28-29)18-10-5-4-6-11-18/h4-17H,3H2,1-2H3,(H,25,30)/b22-16+. The number of nitrogens with one attached hydrogen (secondary N) is 1. The molecule has 1 atom stereocenters. The van der Waals surface area contributed by atoms with Crippen LogP contribution in [0.3, 0.4) is 0 Å². The molecule has 0 aliphatic carbocycles. The first-order chi connectivity index (χ1) is 15.2. The van der Waals surface area contributed by atoms with Crippen LogP contribution in [0.15, 0.2) is 77.4 Å². The second-order valence-corrected chi connectivity index (χ2v) is 7.18. The van der Waals surface area contributed by atoms with Crippen LogP contribution in [0.1, 0.15) is 37.5 Å². The Morgan fingerprint density at radius 3 is 2.61 bits per heavy atom. The molecule has 1 N–H and O–H groups in total. The van der Waals surface area contributed by atoms with E-state index in [2.05, 4.69) is 34.7 Å². The van der Waals surface area contributed by atoms with Gasteiger partial charge in [0.1, 0.15) is 11.5 Å². The first-order valence-corrected chi connectivity index (χ1v) is 10.2. The lowest BCUT2D eigenvalue weighted by atomic mass is 9.97. The fourth-order valence-electron chi connectivity index (χ4n) is 3.29. The molecule has 4 aromatic rings. The second-order valence-electron chi connectivity index (χ2n) is 7.18.